The van der Waals surface area contributed by atoms with Gasteiger partial charge in [-0.15, -0.1) is 11.3 Å². The first-order chi connectivity index (χ1) is 12.8. The molecular weight excluding hydrogens is 380 g/mol. The summed E-state index contributed by atoms with van der Waals surface area (Å²) in [5, 5.41) is 8.11. The van der Waals surface area contributed by atoms with Gasteiger partial charge in [0, 0.05) is 4.88 Å². The summed E-state index contributed by atoms with van der Waals surface area (Å²) in [6.07, 6.45) is 2.90. The number of ether oxygens (including phenoxy) is 1. The van der Waals surface area contributed by atoms with Gasteiger partial charge in [-0.1, -0.05) is 38.4 Å². The molecule has 0 radical (unpaired) electrons. The zero-order valence-electron chi connectivity index (χ0n) is 16.1. The average Bonchev–Trinajstić information content (AvgIpc) is 2.98. The Morgan fingerprint density at radius 3 is 2.70 bits per heavy atom. The predicted octanol–water partition coefficient (Wildman–Crippen LogP) is 5.42. The van der Waals surface area contributed by atoms with E-state index in [1.165, 1.54) is 10.4 Å². The number of carbonyl (C=O) groups excluding carboxylic acids is 1. The number of carbonyl (C=O) groups is 1. The average molecular weight is 405 g/mol. The van der Waals surface area contributed by atoms with Crippen LogP contribution in [0.15, 0.2) is 18.2 Å². The molecule has 0 saturated carbocycles. The lowest BCUT2D eigenvalue weighted by Gasteiger charge is -2.34. The number of fused-ring (bicyclic) bond motifs is 3. The van der Waals surface area contributed by atoms with Crippen molar-refractivity contribution in [3.63, 3.8) is 0 Å². The summed E-state index contributed by atoms with van der Waals surface area (Å²) in [5.41, 5.74) is 3.30. The monoisotopic (exact) mass is 404 g/mol. The largest absolute Gasteiger partial charge is 0.495 e. The van der Waals surface area contributed by atoms with Gasteiger partial charge in [0.1, 0.15) is 16.9 Å². The predicted molar refractivity (Wildman–Crippen MR) is 111 cm³/mol. The van der Waals surface area contributed by atoms with E-state index in [1.54, 1.807) is 18.4 Å². The van der Waals surface area contributed by atoms with Crippen molar-refractivity contribution in [2.45, 2.75) is 46.2 Å². The number of hydrogen-bond acceptors (Lipinski definition) is 4. The maximum absolute atomic E-state index is 12.9. The number of rotatable bonds is 2. The fourth-order valence-corrected chi connectivity index (χ4v) is 5.69. The summed E-state index contributed by atoms with van der Waals surface area (Å²) in [6.45, 7) is 6.93. The van der Waals surface area contributed by atoms with Crippen molar-refractivity contribution in [3.05, 3.63) is 44.8 Å². The van der Waals surface area contributed by atoms with Crippen molar-refractivity contribution in [1.29, 1.82) is 0 Å². The standard InChI is InChI=1S/C21H25ClN2O2S/c1-21(2,3)12-6-7-13-16(10-12)27-20-17(13)19(25)23-18(24-20)11-5-8-15(26-4)14(22)9-11/h5,8-9,12,18,24H,6-7,10H2,1-4H3,(H,23,25)/t12-,18+/m1/s1. The maximum Gasteiger partial charge on any atom is 0.256 e. The molecule has 2 heterocycles. The Kier molecular flexibility index (Phi) is 4.63. The second kappa shape index (κ2) is 6.71. The molecule has 1 aromatic heterocycles. The highest BCUT2D eigenvalue weighted by molar-refractivity contribution is 7.16. The number of methoxy groups -OCH3 is 1. The Bertz CT molecular complexity index is 900. The second-order valence-corrected chi connectivity index (χ2v) is 9.97. The molecular formula is C21H25ClN2O2S. The minimum absolute atomic E-state index is 0.00685. The fraction of sp³-hybridized carbons (Fsp3) is 0.476. The Morgan fingerprint density at radius 1 is 1.26 bits per heavy atom. The van der Waals surface area contributed by atoms with Crippen LogP contribution in [0, 0.1) is 11.3 Å². The number of anilines is 1. The fourth-order valence-electron chi connectivity index (χ4n) is 4.07. The van der Waals surface area contributed by atoms with Crippen LogP contribution in [0.25, 0.3) is 0 Å². The van der Waals surface area contributed by atoms with Crippen LogP contribution in [0.1, 0.15) is 59.7 Å². The molecule has 2 aromatic rings. The van der Waals surface area contributed by atoms with Gasteiger partial charge in [-0.25, -0.2) is 0 Å². The van der Waals surface area contributed by atoms with Gasteiger partial charge in [-0.05, 0) is 53.9 Å². The van der Waals surface area contributed by atoms with Crippen molar-refractivity contribution >= 4 is 33.8 Å². The first-order valence-electron chi connectivity index (χ1n) is 9.33. The van der Waals surface area contributed by atoms with Gasteiger partial charge >= 0.3 is 0 Å². The Balaban J connectivity index is 1.63. The molecule has 0 bridgehead atoms. The van der Waals surface area contributed by atoms with Crippen LogP contribution < -0.4 is 15.4 Å². The molecule has 0 saturated heterocycles. The molecule has 0 unspecified atom stereocenters. The summed E-state index contributed by atoms with van der Waals surface area (Å²) < 4.78 is 5.22. The molecule has 2 aliphatic rings. The minimum Gasteiger partial charge on any atom is -0.495 e. The van der Waals surface area contributed by atoms with Gasteiger partial charge in [0.25, 0.3) is 5.91 Å². The van der Waals surface area contributed by atoms with Crippen molar-refractivity contribution < 1.29 is 9.53 Å². The SMILES string of the molecule is COc1ccc([C@H]2NC(=O)c3c(sc4c3CC[C@@H](C(C)(C)C)C4)N2)cc1Cl. The molecule has 4 nitrogen and oxygen atoms in total. The van der Waals surface area contributed by atoms with Gasteiger partial charge in [0.15, 0.2) is 0 Å². The van der Waals surface area contributed by atoms with Crippen molar-refractivity contribution in [3.8, 4) is 5.75 Å². The lowest BCUT2D eigenvalue weighted by Crippen LogP contribution is -2.38. The summed E-state index contributed by atoms with van der Waals surface area (Å²) in [4.78, 5) is 14.2. The van der Waals surface area contributed by atoms with E-state index >= 15 is 0 Å². The van der Waals surface area contributed by atoms with Crippen LogP contribution in [0.4, 0.5) is 5.00 Å². The molecule has 1 aliphatic heterocycles. The molecule has 0 spiro atoms. The van der Waals surface area contributed by atoms with E-state index < -0.39 is 0 Å². The second-order valence-electron chi connectivity index (χ2n) is 8.46. The van der Waals surface area contributed by atoms with E-state index in [9.17, 15) is 4.79 Å². The zero-order chi connectivity index (χ0) is 19.3. The molecule has 144 valence electrons. The Labute approximate surface area is 169 Å². The van der Waals surface area contributed by atoms with Gasteiger partial charge in [-0.3, -0.25) is 4.79 Å². The quantitative estimate of drug-likeness (QED) is 0.703. The van der Waals surface area contributed by atoms with Gasteiger partial charge in [-0.2, -0.15) is 0 Å². The Morgan fingerprint density at radius 2 is 2.04 bits per heavy atom. The topological polar surface area (TPSA) is 50.4 Å². The van der Waals surface area contributed by atoms with Crippen LogP contribution in [-0.4, -0.2) is 13.0 Å². The molecule has 6 heteroatoms. The summed E-state index contributed by atoms with van der Waals surface area (Å²) in [5.74, 6) is 1.29. The molecule has 1 aromatic carbocycles. The van der Waals surface area contributed by atoms with Crippen LogP contribution >= 0.6 is 22.9 Å². The van der Waals surface area contributed by atoms with Crippen LogP contribution in [0.3, 0.4) is 0 Å². The highest BCUT2D eigenvalue weighted by Crippen LogP contribution is 2.46. The molecule has 0 fully saturated rings. The van der Waals surface area contributed by atoms with Gasteiger partial charge in [0.05, 0.1) is 17.7 Å². The van der Waals surface area contributed by atoms with E-state index in [2.05, 4.69) is 31.4 Å². The lowest BCUT2D eigenvalue weighted by molar-refractivity contribution is 0.0935. The molecule has 4 rings (SSSR count). The molecule has 1 aliphatic carbocycles. The number of thiophene rings is 1. The first kappa shape index (κ1) is 18.6. The zero-order valence-corrected chi connectivity index (χ0v) is 17.7. The molecule has 2 atom stereocenters. The number of halogens is 1. The lowest BCUT2D eigenvalue weighted by atomic mass is 9.72. The smallest absolute Gasteiger partial charge is 0.256 e. The van der Waals surface area contributed by atoms with Gasteiger partial charge in [0.2, 0.25) is 0 Å². The number of benzene rings is 1. The van der Waals surface area contributed by atoms with E-state index in [0.717, 1.165) is 35.4 Å². The van der Waals surface area contributed by atoms with E-state index in [0.29, 0.717) is 22.1 Å². The summed E-state index contributed by atoms with van der Waals surface area (Å²) in [6, 6.07) is 5.59. The van der Waals surface area contributed by atoms with E-state index in [4.69, 9.17) is 16.3 Å². The number of amides is 1. The van der Waals surface area contributed by atoms with Crippen LogP contribution in [-0.2, 0) is 12.8 Å². The van der Waals surface area contributed by atoms with Crippen molar-refractivity contribution in [2.75, 3.05) is 12.4 Å². The third-order valence-electron chi connectivity index (χ3n) is 5.78. The molecule has 2 N–H and O–H groups in total. The molecule has 27 heavy (non-hydrogen) atoms. The highest BCUT2D eigenvalue weighted by atomic mass is 35.5. The van der Waals surface area contributed by atoms with Crippen LogP contribution in [0.5, 0.6) is 5.75 Å². The van der Waals surface area contributed by atoms with Crippen molar-refractivity contribution in [2.24, 2.45) is 11.3 Å². The minimum atomic E-state index is -0.285. The van der Waals surface area contributed by atoms with Crippen LogP contribution in [0.2, 0.25) is 5.02 Å². The maximum atomic E-state index is 12.9. The third kappa shape index (κ3) is 3.32. The Hall–Kier alpha value is -1.72. The summed E-state index contributed by atoms with van der Waals surface area (Å²) in [7, 11) is 1.59. The van der Waals surface area contributed by atoms with Gasteiger partial charge < -0.3 is 15.4 Å². The summed E-state index contributed by atoms with van der Waals surface area (Å²) >= 11 is 8.01. The first-order valence-corrected chi connectivity index (χ1v) is 10.5. The highest BCUT2D eigenvalue weighted by Gasteiger charge is 2.36. The van der Waals surface area contributed by atoms with E-state index in [-0.39, 0.29) is 12.1 Å². The number of nitrogens with one attached hydrogen (secondary N) is 2. The number of hydrogen-bond donors (Lipinski definition) is 2. The van der Waals surface area contributed by atoms with Crippen molar-refractivity contribution in [1.82, 2.24) is 5.32 Å². The van der Waals surface area contributed by atoms with E-state index in [1.807, 2.05) is 18.2 Å². The molecule has 1 amide bonds. The normalized spacial score (nSPS) is 21.7. The third-order valence-corrected chi connectivity index (χ3v) is 7.26.